The molecule has 0 radical (unpaired) electrons. The molecule has 0 aliphatic heterocycles. The number of oxime groups is 2. The number of amidine groups is 2. The first kappa shape index (κ1) is 77.9. The lowest BCUT2D eigenvalue weighted by atomic mass is 10.1. The number of nitrogens with zero attached hydrogens (tertiary/aromatic N) is 2. The van der Waals surface area contributed by atoms with Gasteiger partial charge in [-0.3, -0.25) is 9.59 Å². The SMILES string of the molecule is CC(=O)C[C@H](NC(=O)N[C@H](C(=O)OC(C)(C)C)C(C)OC(C)(C)C)/C(N)=N/O.CC(=O)C[C@H](NC(=O)N[C@H](C(=O)OC(C)(C)C)C(C)OC(C)(C)C)/C(N)=N/OC(=O)[C@@H](C)COC(C)(C)C.CC[C@H](NC(=O)OC(C)(C)C)C(=O)O. The molecule has 80 heavy (non-hydrogen) atoms. The van der Waals surface area contributed by atoms with E-state index in [4.69, 9.17) is 55.0 Å². The number of ketones is 2. The second kappa shape index (κ2) is 34.1. The molecular formula is C53H99N9O18. The van der Waals surface area contributed by atoms with E-state index >= 15 is 0 Å². The van der Waals surface area contributed by atoms with Crippen LogP contribution in [0.1, 0.15) is 185 Å². The number of urea groups is 2. The Bertz CT molecular complexity index is 2090. The van der Waals surface area contributed by atoms with Gasteiger partial charge in [0, 0.05) is 12.8 Å². The lowest BCUT2D eigenvalue weighted by Crippen LogP contribution is -2.57. The van der Waals surface area contributed by atoms with Gasteiger partial charge in [-0.15, -0.1) is 0 Å². The van der Waals surface area contributed by atoms with Gasteiger partial charge in [-0.25, -0.2) is 33.6 Å². The van der Waals surface area contributed by atoms with Crippen molar-refractivity contribution in [3.8, 4) is 0 Å². The van der Waals surface area contributed by atoms with E-state index in [9.17, 15) is 43.2 Å². The summed E-state index contributed by atoms with van der Waals surface area (Å²) >= 11 is 0. The number of carboxylic acid groups (broad SMARTS) is 1. The number of ether oxygens (including phenoxy) is 6. The molecule has 0 aromatic rings. The number of rotatable bonds is 23. The summed E-state index contributed by atoms with van der Waals surface area (Å²) in [4.78, 5) is 113. The van der Waals surface area contributed by atoms with Crippen LogP contribution in [0.2, 0.25) is 0 Å². The van der Waals surface area contributed by atoms with Crippen molar-refractivity contribution in [2.75, 3.05) is 6.61 Å². The number of aliphatic carboxylic acids is 1. The fourth-order valence-corrected chi connectivity index (χ4v) is 5.99. The number of hydrogen-bond acceptors (Lipinski definition) is 19. The van der Waals surface area contributed by atoms with Crippen LogP contribution in [0, 0.1) is 5.92 Å². The maximum atomic E-state index is 12.9. The zero-order valence-electron chi connectivity index (χ0n) is 51.9. The molecule has 5 amide bonds. The van der Waals surface area contributed by atoms with Gasteiger partial charge in [-0.05, 0) is 166 Å². The monoisotopic (exact) mass is 1150 g/mol. The zero-order chi connectivity index (χ0) is 63.7. The van der Waals surface area contributed by atoms with E-state index in [1.807, 2.05) is 62.3 Å². The highest BCUT2D eigenvalue weighted by Crippen LogP contribution is 2.19. The highest BCUT2D eigenvalue weighted by atomic mass is 16.7. The van der Waals surface area contributed by atoms with Crippen molar-refractivity contribution in [1.82, 2.24) is 26.6 Å². The van der Waals surface area contributed by atoms with E-state index < -0.39 is 124 Å². The molecule has 464 valence electrons. The van der Waals surface area contributed by atoms with E-state index in [0.717, 1.165) is 0 Å². The van der Waals surface area contributed by atoms with Crippen molar-refractivity contribution >= 4 is 65.3 Å². The molecule has 0 spiro atoms. The van der Waals surface area contributed by atoms with Crippen LogP contribution in [0.4, 0.5) is 14.4 Å². The molecule has 27 heteroatoms. The molecule has 0 saturated carbocycles. The Balaban J connectivity index is -0.00000123. The zero-order valence-corrected chi connectivity index (χ0v) is 51.9. The van der Waals surface area contributed by atoms with Gasteiger partial charge in [-0.1, -0.05) is 17.2 Å². The van der Waals surface area contributed by atoms with Gasteiger partial charge in [0.05, 0.1) is 53.6 Å². The molecule has 0 heterocycles. The molecule has 0 rings (SSSR count). The van der Waals surface area contributed by atoms with Crippen LogP contribution in [-0.2, 0) is 62.0 Å². The molecule has 0 aromatic carbocycles. The molecule has 0 aliphatic carbocycles. The summed E-state index contributed by atoms with van der Waals surface area (Å²) in [5, 5.41) is 36.1. The number of esters is 2. The van der Waals surface area contributed by atoms with Gasteiger partial charge in [0.2, 0.25) is 0 Å². The minimum Gasteiger partial charge on any atom is -0.480 e. The van der Waals surface area contributed by atoms with Crippen LogP contribution in [0.25, 0.3) is 0 Å². The number of hydrogen-bond donors (Lipinski definition) is 9. The Hall–Kier alpha value is -6.35. The highest BCUT2D eigenvalue weighted by molar-refractivity contribution is 5.95. The van der Waals surface area contributed by atoms with Crippen molar-refractivity contribution < 1.29 is 86.7 Å². The fraction of sp³-hybridized carbons (Fsp3) is 0.792. The summed E-state index contributed by atoms with van der Waals surface area (Å²) in [6, 6.07) is -6.94. The lowest BCUT2D eigenvalue weighted by molar-refractivity contribution is -0.165. The average molecular weight is 1150 g/mol. The van der Waals surface area contributed by atoms with E-state index in [2.05, 4.69) is 36.9 Å². The molecule has 0 bridgehead atoms. The van der Waals surface area contributed by atoms with Crippen molar-refractivity contribution in [2.45, 2.75) is 261 Å². The Morgan fingerprint density at radius 1 is 0.500 bits per heavy atom. The number of carboxylic acids is 1. The van der Waals surface area contributed by atoms with Crippen molar-refractivity contribution in [3.63, 3.8) is 0 Å². The van der Waals surface area contributed by atoms with Gasteiger partial charge in [0.1, 0.15) is 34.4 Å². The van der Waals surface area contributed by atoms with Gasteiger partial charge in [0.15, 0.2) is 23.8 Å². The highest BCUT2D eigenvalue weighted by Gasteiger charge is 2.37. The molecule has 2 unspecified atom stereocenters. The first-order valence-corrected chi connectivity index (χ1v) is 26.1. The van der Waals surface area contributed by atoms with E-state index in [1.54, 1.807) is 90.0 Å². The van der Waals surface area contributed by atoms with E-state index in [1.165, 1.54) is 13.8 Å². The maximum Gasteiger partial charge on any atom is 0.408 e. The topological polar surface area (TPSA) is 396 Å². The largest absolute Gasteiger partial charge is 0.480 e. The molecule has 27 nitrogen and oxygen atoms in total. The first-order valence-electron chi connectivity index (χ1n) is 26.1. The predicted molar refractivity (Wildman–Crippen MR) is 298 cm³/mol. The van der Waals surface area contributed by atoms with Crippen LogP contribution in [0.3, 0.4) is 0 Å². The summed E-state index contributed by atoms with van der Waals surface area (Å²) in [7, 11) is 0. The van der Waals surface area contributed by atoms with Gasteiger partial charge in [0.25, 0.3) is 0 Å². The third kappa shape index (κ3) is 40.8. The standard InChI is InChI=1S/C26H48N4O8.C18H34N4O6.C9H17NO4/c1-15(14-35-24(4,5)6)21(32)38-30-20(27)18(13-16(2)31)28-23(34)29-19(17(3)36-25(7,8)9)22(33)37-26(10,11)12;1-10(23)9-12(14(19)22-26)20-16(25)21-13(11(2)27-17(3,4)5)15(24)28-18(6,7)8;1-5-6(7(11)12)10-8(13)14-9(2,3)4/h15,17-19H,13-14H2,1-12H3,(H2,27,30)(H2,28,29,34);11-13,26H,9H2,1-8H3,(H2,19,22)(H2,20,21,25);6H,5H2,1-4H3,(H,10,13)(H,11,12)/t15-,17?,18-,19-;11?,12-,13-;6-/m000/s1. The first-order chi connectivity index (χ1) is 35.8. The number of carbonyl (C=O) groups is 9. The van der Waals surface area contributed by atoms with E-state index in [0.29, 0.717) is 6.42 Å². The van der Waals surface area contributed by atoms with Crippen LogP contribution >= 0.6 is 0 Å². The maximum absolute atomic E-state index is 12.9. The number of nitrogens with one attached hydrogen (secondary N) is 5. The number of alkyl carbamates (subject to hydrolysis) is 1. The molecule has 0 fully saturated rings. The van der Waals surface area contributed by atoms with Crippen LogP contribution in [0.15, 0.2) is 10.3 Å². The lowest BCUT2D eigenvalue weighted by Gasteiger charge is -2.32. The second-order valence-electron chi connectivity index (χ2n) is 24.8. The molecule has 0 saturated heterocycles. The number of nitrogens with two attached hydrogens (primary N) is 2. The fourth-order valence-electron chi connectivity index (χ4n) is 5.99. The molecule has 11 N–H and O–H groups in total. The normalized spacial score (nSPS) is 15.5. The van der Waals surface area contributed by atoms with Crippen molar-refractivity contribution in [3.05, 3.63) is 0 Å². The Kier molecular flexibility index (Phi) is 33.2. The quantitative estimate of drug-likeness (QED) is 0.0116. The predicted octanol–water partition coefficient (Wildman–Crippen LogP) is 5.48. The summed E-state index contributed by atoms with van der Waals surface area (Å²) in [6.07, 6.45) is -2.25. The van der Waals surface area contributed by atoms with Crippen molar-refractivity contribution in [1.29, 1.82) is 0 Å². The minimum absolute atomic E-state index is 0.107. The second-order valence-corrected chi connectivity index (χ2v) is 24.8. The minimum atomic E-state index is -1.17. The summed E-state index contributed by atoms with van der Waals surface area (Å²) in [5.41, 5.74) is 7.69. The van der Waals surface area contributed by atoms with E-state index in [-0.39, 0.29) is 42.7 Å². The molecule has 0 aromatic heterocycles. The number of amides is 5. The third-order valence-electron chi connectivity index (χ3n) is 9.14. The molecular weight excluding hydrogens is 1050 g/mol. The van der Waals surface area contributed by atoms with Crippen LogP contribution < -0.4 is 38.1 Å². The summed E-state index contributed by atoms with van der Waals surface area (Å²) in [6.45, 7) is 41.1. The Morgan fingerprint density at radius 3 is 1.15 bits per heavy atom. The Morgan fingerprint density at radius 2 is 0.863 bits per heavy atom. The van der Waals surface area contributed by atoms with Gasteiger partial charge >= 0.3 is 42.0 Å². The summed E-state index contributed by atoms with van der Waals surface area (Å²) < 4.78 is 33.0. The van der Waals surface area contributed by atoms with Crippen LogP contribution in [-0.4, -0.2) is 158 Å². The smallest absolute Gasteiger partial charge is 0.408 e. The third-order valence-corrected chi connectivity index (χ3v) is 9.14. The van der Waals surface area contributed by atoms with Gasteiger partial charge in [-0.2, -0.15) is 0 Å². The molecule has 8 atom stereocenters. The number of carbonyl (C=O) groups excluding carboxylic acids is 8. The Labute approximate surface area is 473 Å². The summed E-state index contributed by atoms with van der Waals surface area (Å²) in [5.74, 6) is -4.98. The van der Waals surface area contributed by atoms with Crippen molar-refractivity contribution in [2.24, 2.45) is 27.7 Å². The number of Topliss-reactive ketones (excluding diaryl/α,β-unsaturated/α-hetero) is 2. The molecule has 0 aliphatic rings. The van der Waals surface area contributed by atoms with Gasteiger partial charge < -0.3 is 81.6 Å². The average Bonchev–Trinajstić information content (AvgIpc) is 3.23. The van der Waals surface area contributed by atoms with Crippen LogP contribution in [0.5, 0.6) is 0 Å².